The zero-order valence-corrected chi connectivity index (χ0v) is 17.5. The molecule has 2 aromatic carbocycles. The molecule has 0 aromatic heterocycles. The first-order valence-corrected chi connectivity index (χ1v) is 10.4. The van der Waals surface area contributed by atoms with Gasteiger partial charge in [0.15, 0.2) is 0 Å². The second kappa shape index (κ2) is 10.3. The van der Waals surface area contributed by atoms with Crippen LogP contribution in [-0.4, -0.2) is 43.0 Å². The van der Waals surface area contributed by atoms with Crippen LogP contribution in [0.2, 0.25) is 0 Å². The Hall–Kier alpha value is -2.86. The van der Waals surface area contributed by atoms with Crippen molar-refractivity contribution in [1.29, 1.82) is 0 Å². The van der Waals surface area contributed by atoms with Crippen LogP contribution in [0.1, 0.15) is 43.7 Å². The molecule has 2 aromatic rings. The third kappa shape index (κ3) is 5.60. The Morgan fingerprint density at radius 3 is 2.20 bits per heavy atom. The average Bonchev–Trinajstić information content (AvgIpc) is 3.03. The van der Waals surface area contributed by atoms with Crippen LogP contribution in [0.4, 0.5) is 4.79 Å². The molecule has 0 bridgehead atoms. The number of carboxylic acid groups (broad SMARTS) is 1. The number of hydrogen-bond donors (Lipinski definition) is 2. The van der Waals surface area contributed by atoms with Gasteiger partial charge in [-0.05, 0) is 34.6 Å². The number of carbonyl (C=O) groups is 2. The fraction of sp³-hybridized carbons (Fsp3) is 0.417. The van der Waals surface area contributed by atoms with E-state index >= 15 is 0 Å². The number of rotatable bonds is 10. The summed E-state index contributed by atoms with van der Waals surface area (Å²) in [4.78, 5) is 23.5. The number of aliphatic carboxylic acids is 1. The smallest absolute Gasteiger partial charge is 0.407 e. The van der Waals surface area contributed by atoms with Gasteiger partial charge in [-0.1, -0.05) is 62.4 Å². The molecule has 0 aliphatic heterocycles. The molecule has 6 nitrogen and oxygen atoms in total. The molecule has 0 radical (unpaired) electrons. The van der Waals surface area contributed by atoms with Crippen molar-refractivity contribution in [2.75, 3.05) is 19.8 Å². The van der Waals surface area contributed by atoms with Crippen LogP contribution in [0.5, 0.6) is 0 Å². The van der Waals surface area contributed by atoms with Gasteiger partial charge >= 0.3 is 12.1 Å². The van der Waals surface area contributed by atoms with Crippen LogP contribution in [0, 0.1) is 5.92 Å². The molecular formula is C24H29NO5. The Labute approximate surface area is 177 Å². The molecule has 0 saturated carbocycles. The fourth-order valence-corrected chi connectivity index (χ4v) is 3.71. The van der Waals surface area contributed by atoms with Gasteiger partial charge in [-0.15, -0.1) is 0 Å². The number of alkyl carbamates (subject to hydrolysis) is 1. The number of amides is 1. The highest BCUT2D eigenvalue weighted by atomic mass is 16.5. The number of nitrogens with one attached hydrogen (secondary N) is 1. The molecule has 0 saturated heterocycles. The maximum Gasteiger partial charge on any atom is 0.407 e. The molecule has 160 valence electrons. The Bertz CT molecular complexity index is 834. The van der Waals surface area contributed by atoms with Gasteiger partial charge in [-0.3, -0.25) is 4.79 Å². The topological polar surface area (TPSA) is 84.9 Å². The van der Waals surface area contributed by atoms with Crippen LogP contribution < -0.4 is 5.32 Å². The molecule has 6 heteroatoms. The van der Waals surface area contributed by atoms with Crippen molar-refractivity contribution in [3.8, 4) is 11.1 Å². The van der Waals surface area contributed by atoms with Crippen LogP contribution in [0.3, 0.4) is 0 Å². The summed E-state index contributed by atoms with van der Waals surface area (Å²) in [6, 6.07) is 15.6. The van der Waals surface area contributed by atoms with E-state index in [-0.39, 0.29) is 25.6 Å². The highest BCUT2D eigenvalue weighted by Gasteiger charge is 2.29. The largest absolute Gasteiger partial charge is 0.481 e. The fourth-order valence-electron chi connectivity index (χ4n) is 3.71. The average molecular weight is 411 g/mol. The SMILES string of the molecule is CC(C)CCOCC(CC(=O)O)NC(=O)OCC1c2ccccc2-c2ccccc21. The number of fused-ring (bicyclic) bond motifs is 3. The predicted molar refractivity (Wildman–Crippen MR) is 115 cm³/mol. The van der Waals surface area contributed by atoms with Gasteiger partial charge in [-0.25, -0.2) is 4.79 Å². The third-order valence-electron chi connectivity index (χ3n) is 5.25. The lowest BCUT2D eigenvalue weighted by Gasteiger charge is -2.19. The van der Waals surface area contributed by atoms with Gasteiger partial charge in [-0.2, -0.15) is 0 Å². The van der Waals surface area contributed by atoms with Gasteiger partial charge in [0.1, 0.15) is 6.61 Å². The number of hydrogen-bond acceptors (Lipinski definition) is 4. The summed E-state index contributed by atoms with van der Waals surface area (Å²) in [5.74, 6) is -0.534. The zero-order valence-electron chi connectivity index (χ0n) is 17.5. The lowest BCUT2D eigenvalue weighted by molar-refractivity contribution is -0.137. The standard InChI is InChI=1S/C24H29NO5/c1-16(2)11-12-29-14-17(13-23(26)27)25-24(28)30-15-22-20-9-5-3-7-18(20)19-8-4-6-10-21(19)22/h3-10,16-17,22H,11-15H2,1-2H3,(H,25,28)(H,26,27). The molecule has 0 spiro atoms. The van der Waals surface area contributed by atoms with Crippen molar-refractivity contribution < 1.29 is 24.2 Å². The summed E-state index contributed by atoms with van der Waals surface area (Å²) in [6.45, 7) is 5.04. The van der Waals surface area contributed by atoms with Crippen LogP contribution in [0.15, 0.2) is 48.5 Å². The van der Waals surface area contributed by atoms with E-state index in [0.717, 1.165) is 28.7 Å². The summed E-state index contributed by atoms with van der Waals surface area (Å²) >= 11 is 0. The van der Waals surface area contributed by atoms with E-state index in [1.165, 1.54) is 0 Å². The molecule has 30 heavy (non-hydrogen) atoms. The normalized spacial score (nSPS) is 13.6. The molecule has 1 atom stereocenters. The Kier molecular flexibility index (Phi) is 7.46. The Morgan fingerprint density at radius 1 is 1.03 bits per heavy atom. The molecule has 1 aliphatic carbocycles. The summed E-state index contributed by atoms with van der Waals surface area (Å²) in [5, 5.41) is 11.8. The molecule has 0 fully saturated rings. The molecule has 1 unspecified atom stereocenters. The minimum atomic E-state index is -0.994. The van der Waals surface area contributed by atoms with Crippen molar-refractivity contribution in [2.45, 2.75) is 38.6 Å². The first-order valence-electron chi connectivity index (χ1n) is 10.4. The minimum Gasteiger partial charge on any atom is -0.481 e. The molecule has 0 heterocycles. The van der Waals surface area contributed by atoms with E-state index in [1.54, 1.807) is 0 Å². The number of ether oxygens (including phenoxy) is 2. The zero-order chi connectivity index (χ0) is 21.5. The van der Waals surface area contributed by atoms with E-state index in [0.29, 0.717) is 12.5 Å². The Morgan fingerprint density at radius 2 is 1.63 bits per heavy atom. The second-order valence-corrected chi connectivity index (χ2v) is 8.02. The van der Waals surface area contributed by atoms with Crippen LogP contribution >= 0.6 is 0 Å². The predicted octanol–water partition coefficient (Wildman–Crippen LogP) is 4.43. The molecule has 1 aliphatic rings. The maximum absolute atomic E-state index is 12.4. The van der Waals surface area contributed by atoms with Crippen LogP contribution in [-0.2, 0) is 14.3 Å². The molecule has 2 N–H and O–H groups in total. The highest BCUT2D eigenvalue weighted by Crippen LogP contribution is 2.44. The van der Waals surface area contributed by atoms with E-state index in [1.807, 2.05) is 24.3 Å². The van der Waals surface area contributed by atoms with Crippen molar-refractivity contribution >= 4 is 12.1 Å². The highest BCUT2D eigenvalue weighted by molar-refractivity contribution is 5.79. The van der Waals surface area contributed by atoms with E-state index in [4.69, 9.17) is 14.6 Å². The summed E-state index contributed by atoms with van der Waals surface area (Å²) in [6.07, 6.45) is 0.0342. The van der Waals surface area contributed by atoms with E-state index in [2.05, 4.69) is 43.4 Å². The van der Waals surface area contributed by atoms with Gasteiger partial charge in [0.2, 0.25) is 0 Å². The number of benzene rings is 2. The molecule has 3 rings (SSSR count). The quantitative estimate of drug-likeness (QED) is 0.565. The minimum absolute atomic E-state index is 0.0386. The van der Waals surface area contributed by atoms with Crippen molar-refractivity contribution in [1.82, 2.24) is 5.32 Å². The molecular weight excluding hydrogens is 382 g/mol. The second-order valence-electron chi connectivity index (χ2n) is 8.02. The lowest BCUT2D eigenvalue weighted by Crippen LogP contribution is -2.40. The third-order valence-corrected chi connectivity index (χ3v) is 5.25. The van der Waals surface area contributed by atoms with Gasteiger partial charge in [0, 0.05) is 12.5 Å². The van der Waals surface area contributed by atoms with Crippen LogP contribution in [0.25, 0.3) is 11.1 Å². The number of carbonyl (C=O) groups excluding carboxylic acids is 1. The monoisotopic (exact) mass is 411 g/mol. The van der Waals surface area contributed by atoms with E-state index < -0.39 is 18.1 Å². The Balaban J connectivity index is 1.58. The summed E-state index contributed by atoms with van der Waals surface area (Å²) in [5.41, 5.74) is 4.57. The molecule has 1 amide bonds. The van der Waals surface area contributed by atoms with Gasteiger partial charge in [0.25, 0.3) is 0 Å². The lowest BCUT2D eigenvalue weighted by atomic mass is 9.98. The van der Waals surface area contributed by atoms with Crippen molar-refractivity contribution in [3.63, 3.8) is 0 Å². The first-order chi connectivity index (χ1) is 14.5. The maximum atomic E-state index is 12.4. The van der Waals surface area contributed by atoms with Gasteiger partial charge < -0.3 is 19.9 Å². The van der Waals surface area contributed by atoms with Crippen molar-refractivity contribution in [3.05, 3.63) is 59.7 Å². The van der Waals surface area contributed by atoms with Gasteiger partial charge in [0.05, 0.1) is 19.1 Å². The van der Waals surface area contributed by atoms with E-state index in [9.17, 15) is 9.59 Å². The van der Waals surface area contributed by atoms with Crippen molar-refractivity contribution in [2.24, 2.45) is 5.92 Å². The summed E-state index contributed by atoms with van der Waals surface area (Å²) in [7, 11) is 0. The number of carboxylic acids is 1. The summed E-state index contributed by atoms with van der Waals surface area (Å²) < 4.78 is 11.0. The first kappa shape index (κ1) is 21.8.